The topological polar surface area (TPSA) is 0 Å². The van der Waals surface area contributed by atoms with E-state index in [-0.39, 0.29) is 51.0 Å². The van der Waals surface area contributed by atoms with Crippen molar-refractivity contribution < 1.29 is 51.0 Å². The summed E-state index contributed by atoms with van der Waals surface area (Å²) in [5.41, 5.74) is 0. The first-order valence-corrected chi connectivity index (χ1v) is 8.07. The second-order valence-corrected chi connectivity index (χ2v) is 5.53. The molecule has 0 nitrogen and oxygen atoms in total. The van der Waals surface area contributed by atoms with E-state index < -0.39 is 0 Å². The van der Waals surface area contributed by atoms with Crippen molar-refractivity contribution in [3.8, 4) is 0 Å². The molecule has 0 N–H and O–H groups in total. The molecule has 0 fully saturated rings. The van der Waals surface area contributed by atoms with Crippen LogP contribution in [0.2, 0.25) is 5.28 Å². The molecule has 4 heteroatoms. The minimum Gasteiger partial charge on any atom is -1.00 e. The van der Waals surface area contributed by atoms with E-state index in [1.807, 2.05) is 0 Å². The number of halogens is 2. The summed E-state index contributed by atoms with van der Waals surface area (Å²) >= 11 is 2.58. The molecule has 0 heterocycles. The second kappa shape index (κ2) is 15.0. The summed E-state index contributed by atoms with van der Waals surface area (Å²) < 4.78 is 0. The van der Waals surface area contributed by atoms with Crippen molar-refractivity contribution in [2.24, 2.45) is 0 Å². The number of hydrogen-bond acceptors (Lipinski definition) is 0. The SMILES string of the molecule is C[CH2][Al+2].[Cl-].[Cl-].[Zr+4].c1ccc2[cH-]ccc2c1.c1ccc2[cH-]ccc2c1. The standard InChI is InChI=1S/2C9H7.C2H5.Al.2ClH.Zr/c2*1-2-5-9-7-3-6-8(9)4-1;1-2;;;;/h2*1-7H;1H2,2H3;;2*1H;/q2*-1;;+2;;;+4/p-2. The van der Waals surface area contributed by atoms with E-state index in [9.17, 15) is 0 Å². The molecule has 0 aliphatic carbocycles. The summed E-state index contributed by atoms with van der Waals surface area (Å²) in [6.07, 6.45) is 0. The monoisotopic (exact) mass is 446 g/mol. The number of hydrogen-bond donors (Lipinski definition) is 0. The molecule has 0 aromatic heterocycles. The molecule has 0 saturated heterocycles. The van der Waals surface area contributed by atoms with Crippen LogP contribution in [0.4, 0.5) is 0 Å². The Labute approximate surface area is 184 Å². The molecule has 118 valence electrons. The van der Waals surface area contributed by atoms with Crippen molar-refractivity contribution in [3.05, 3.63) is 84.9 Å². The zero-order valence-corrected chi connectivity index (χ0v) is 18.7. The minimum absolute atomic E-state index is 0. The van der Waals surface area contributed by atoms with Crippen molar-refractivity contribution in [3.63, 3.8) is 0 Å². The fourth-order valence-electron chi connectivity index (χ4n) is 2.14. The average Bonchev–Trinajstić information content (AvgIpc) is 3.17. The molecule has 0 saturated carbocycles. The molecule has 0 unspecified atom stereocenters. The van der Waals surface area contributed by atoms with Crippen LogP contribution in [-0.4, -0.2) is 16.3 Å². The van der Waals surface area contributed by atoms with E-state index in [2.05, 4.69) is 108 Å². The van der Waals surface area contributed by atoms with E-state index in [0.717, 1.165) is 0 Å². The maximum Gasteiger partial charge on any atom is 4.00 e. The van der Waals surface area contributed by atoms with Crippen molar-refractivity contribution >= 4 is 37.8 Å². The third kappa shape index (κ3) is 8.16. The van der Waals surface area contributed by atoms with Gasteiger partial charge in [0.05, 0.1) is 0 Å². The van der Waals surface area contributed by atoms with Crippen LogP contribution in [0.25, 0.3) is 21.5 Å². The zero-order chi connectivity index (χ0) is 14.9. The normalized spacial score (nSPS) is 8.46. The summed E-state index contributed by atoms with van der Waals surface area (Å²) in [4.78, 5) is 0. The van der Waals surface area contributed by atoms with Gasteiger partial charge < -0.3 is 24.8 Å². The van der Waals surface area contributed by atoms with Gasteiger partial charge in [-0.05, 0) is 0 Å². The second-order valence-electron chi connectivity index (χ2n) is 4.72. The molecule has 0 aliphatic heterocycles. The Morgan fingerprint density at radius 2 is 1.04 bits per heavy atom. The van der Waals surface area contributed by atoms with Gasteiger partial charge in [0.25, 0.3) is 0 Å². The van der Waals surface area contributed by atoms with E-state index in [0.29, 0.717) is 0 Å². The molecule has 4 aromatic rings. The van der Waals surface area contributed by atoms with Crippen LogP contribution in [0.15, 0.2) is 84.9 Å². The van der Waals surface area contributed by atoms with E-state index >= 15 is 0 Å². The summed E-state index contributed by atoms with van der Waals surface area (Å²) in [7, 11) is 0. The van der Waals surface area contributed by atoms with Crippen LogP contribution < -0.4 is 24.8 Å². The summed E-state index contributed by atoms with van der Waals surface area (Å²) in [6.45, 7) is 2.09. The minimum atomic E-state index is 0. The number of fused-ring (bicyclic) bond motifs is 2. The van der Waals surface area contributed by atoms with E-state index in [1.54, 1.807) is 0 Å². The summed E-state index contributed by atoms with van der Waals surface area (Å²) in [6, 6.07) is 29.3. The fourth-order valence-corrected chi connectivity index (χ4v) is 2.14. The molecular weight excluding hydrogens is 429 g/mol. The quantitative estimate of drug-likeness (QED) is 0.257. The Morgan fingerprint density at radius 3 is 1.38 bits per heavy atom. The third-order valence-electron chi connectivity index (χ3n) is 3.10. The first kappa shape index (κ1) is 25.9. The van der Waals surface area contributed by atoms with Gasteiger partial charge in [-0.2, -0.15) is 35.0 Å². The number of benzene rings is 2. The van der Waals surface area contributed by atoms with Gasteiger partial charge >= 0.3 is 54.7 Å². The fraction of sp³-hybridized carbons (Fsp3) is 0.100. The van der Waals surface area contributed by atoms with Crippen molar-refractivity contribution in [2.75, 3.05) is 0 Å². The van der Waals surface area contributed by atoms with Crippen LogP contribution in [0.5, 0.6) is 0 Å². The molecule has 4 rings (SSSR count). The van der Waals surface area contributed by atoms with Crippen molar-refractivity contribution in [1.82, 2.24) is 0 Å². The average molecular weight is 448 g/mol. The van der Waals surface area contributed by atoms with Crippen LogP contribution in [-0.2, 0) is 26.2 Å². The Balaban J connectivity index is 0. The summed E-state index contributed by atoms with van der Waals surface area (Å²) in [5.74, 6) is 0. The van der Waals surface area contributed by atoms with Gasteiger partial charge in [0.2, 0.25) is 0 Å². The van der Waals surface area contributed by atoms with Crippen molar-refractivity contribution in [1.29, 1.82) is 0 Å². The maximum absolute atomic E-state index is 2.58. The predicted molar refractivity (Wildman–Crippen MR) is 95.3 cm³/mol. The Bertz CT molecular complexity index is 651. The number of rotatable bonds is 0. The van der Waals surface area contributed by atoms with Crippen LogP contribution in [0.3, 0.4) is 0 Å². The molecule has 0 bridgehead atoms. The largest absolute Gasteiger partial charge is 4.00 e. The maximum atomic E-state index is 2.58. The van der Waals surface area contributed by atoms with E-state index in [1.165, 1.54) is 26.8 Å². The van der Waals surface area contributed by atoms with Gasteiger partial charge in [-0.25, -0.2) is 0 Å². The first-order chi connectivity index (χ1) is 10.3. The Kier molecular flexibility index (Phi) is 16.1. The molecule has 0 amide bonds. The smallest absolute Gasteiger partial charge is 1.00 e. The van der Waals surface area contributed by atoms with Gasteiger partial charge in [-0.1, -0.05) is 12.1 Å². The molecule has 4 aromatic carbocycles. The van der Waals surface area contributed by atoms with Crippen LogP contribution in [0, 0.1) is 0 Å². The molecule has 0 radical (unpaired) electrons. The van der Waals surface area contributed by atoms with Crippen LogP contribution in [0.1, 0.15) is 6.92 Å². The van der Waals surface area contributed by atoms with Gasteiger partial charge in [-0.15, -0.1) is 59.3 Å². The van der Waals surface area contributed by atoms with Gasteiger partial charge in [-0.3, -0.25) is 0 Å². The van der Waals surface area contributed by atoms with Crippen LogP contribution >= 0.6 is 0 Å². The zero-order valence-electron chi connectivity index (χ0n) is 13.6. The van der Waals surface area contributed by atoms with Gasteiger partial charge in [0, 0.05) is 0 Å². The molecule has 24 heavy (non-hydrogen) atoms. The van der Waals surface area contributed by atoms with Crippen molar-refractivity contribution in [2.45, 2.75) is 12.2 Å². The Morgan fingerprint density at radius 1 is 0.708 bits per heavy atom. The Hall–Kier alpha value is -0.344. The molecule has 0 spiro atoms. The first-order valence-electron chi connectivity index (χ1n) is 7.26. The van der Waals surface area contributed by atoms with E-state index in [4.69, 9.17) is 0 Å². The molecule has 0 atom stereocenters. The summed E-state index contributed by atoms with van der Waals surface area (Å²) in [5, 5.41) is 6.49. The molecule has 0 aliphatic rings. The van der Waals surface area contributed by atoms with Gasteiger partial charge in [0.1, 0.15) is 0 Å². The predicted octanol–water partition coefficient (Wildman–Crippen LogP) is -0.284. The van der Waals surface area contributed by atoms with Gasteiger partial charge in [0.15, 0.2) is 0 Å². The third-order valence-corrected chi connectivity index (χ3v) is 3.10. The molecular formula is C20H19AlCl2Zr+2.